The molecule has 0 aliphatic rings. The summed E-state index contributed by atoms with van der Waals surface area (Å²) in [4.78, 5) is 21.8. The number of nitrogens with two attached hydrogens (primary N) is 1. The Morgan fingerprint density at radius 2 is 1.83 bits per heavy atom. The molecule has 0 radical (unpaired) electrons. The lowest BCUT2D eigenvalue weighted by atomic mass is 10.3. The van der Waals surface area contributed by atoms with E-state index >= 15 is 0 Å². The molecule has 10 heteroatoms. The number of anilines is 1. The maximum atomic E-state index is 12.8. The average molecular weight is 350 g/mol. The van der Waals surface area contributed by atoms with Crippen molar-refractivity contribution in [1.82, 2.24) is 5.43 Å². The summed E-state index contributed by atoms with van der Waals surface area (Å²) in [5.41, 5.74) is 1.53. The standard InChI is InChI=1S/C14H14N4O5S/c15-16-14(19)10-17(11-5-4-6-12(9-11)18(20)21)24(22,23)13-7-2-1-3-8-13/h1-9H,10,15H2,(H,16,19). The van der Waals surface area contributed by atoms with E-state index in [0.29, 0.717) is 0 Å². The lowest BCUT2D eigenvalue weighted by Crippen LogP contribution is -2.43. The molecule has 2 aromatic rings. The molecule has 9 nitrogen and oxygen atoms in total. The molecule has 0 aromatic heterocycles. The minimum absolute atomic E-state index is 0.0170. The Morgan fingerprint density at radius 1 is 1.17 bits per heavy atom. The summed E-state index contributed by atoms with van der Waals surface area (Å²) in [5, 5.41) is 10.9. The highest BCUT2D eigenvalue weighted by molar-refractivity contribution is 7.92. The fourth-order valence-electron chi connectivity index (χ4n) is 1.97. The zero-order chi connectivity index (χ0) is 17.7. The molecule has 0 aliphatic carbocycles. The Kier molecular flexibility index (Phi) is 5.11. The van der Waals surface area contributed by atoms with E-state index < -0.39 is 27.4 Å². The van der Waals surface area contributed by atoms with Crippen molar-refractivity contribution in [3.63, 3.8) is 0 Å². The van der Waals surface area contributed by atoms with Gasteiger partial charge in [-0.1, -0.05) is 24.3 Å². The third-order valence-electron chi connectivity index (χ3n) is 3.11. The van der Waals surface area contributed by atoms with Crippen LogP contribution in [0, 0.1) is 10.1 Å². The first-order valence-electron chi connectivity index (χ1n) is 6.68. The zero-order valence-electron chi connectivity index (χ0n) is 12.3. The second-order valence-electron chi connectivity index (χ2n) is 4.67. The Hall–Kier alpha value is -2.98. The molecule has 126 valence electrons. The van der Waals surface area contributed by atoms with Gasteiger partial charge in [0.15, 0.2) is 0 Å². The van der Waals surface area contributed by atoms with Gasteiger partial charge in [-0.3, -0.25) is 24.6 Å². The van der Waals surface area contributed by atoms with E-state index in [1.807, 2.05) is 5.43 Å². The molecule has 3 N–H and O–H groups in total. The van der Waals surface area contributed by atoms with Crippen LogP contribution in [0.15, 0.2) is 59.5 Å². The largest absolute Gasteiger partial charge is 0.293 e. The first kappa shape index (κ1) is 17.4. The van der Waals surface area contributed by atoms with Crippen molar-refractivity contribution in [2.45, 2.75) is 4.90 Å². The molecule has 24 heavy (non-hydrogen) atoms. The number of benzene rings is 2. The van der Waals surface area contributed by atoms with Crippen molar-refractivity contribution < 1.29 is 18.1 Å². The van der Waals surface area contributed by atoms with E-state index in [4.69, 9.17) is 5.84 Å². The van der Waals surface area contributed by atoms with Crippen molar-refractivity contribution in [1.29, 1.82) is 0 Å². The molecule has 2 aromatic carbocycles. The molecule has 0 heterocycles. The molecular weight excluding hydrogens is 336 g/mol. The Balaban J connectivity index is 2.55. The number of nitrogens with one attached hydrogen (secondary N) is 1. The summed E-state index contributed by atoms with van der Waals surface area (Å²) in [6.45, 7) is -0.616. The fourth-order valence-corrected chi connectivity index (χ4v) is 3.41. The van der Waals surface area contributed by atoms with Gasteiger partial charge in [0.2, 0.25) is 0 Å². The van der Waals surface area contributed by atoms with Gasteiger partial charge < -0.3 is 0 Å². The number of rotatable bonds is 6. The lowest BCUT2D eigenvalue weighted by molar-refractivity contribution is -0.384. The molecule has 0 bridgehead atoms. The van der Waals surface area contributed by atoms with Gasteiger partial charge in [0.1, 0.15) is 6.54 Å². The normalized spacial score (nSPS) is 10.9. The number of nitrogens with zero attached hydrogens (tertiary/aromatic N) is 2. The molecule has 0 saturated carbocycles. The Bertz CT molecular complexity index is 854. The van der Waals surface area contributed by atoms with E-state index in [1.165, 1.54) is 42.5 Å². The number of hydrogen-bond acceptors (Lipinski definition) is 6. The van der Waals surface area contributed by atoms with E-state index in [9.17, 15) is 23.3 Å². The van der Waals surface area contributed by atoms with Gasteiger partial charge in [0.25, 0.3) is 21.6 Å². The van der Waals surface area contributed by atoms with Crippen molar-refractivity contribution in [2.24, 2.45) is 5.84 Å². The Morgan fingerprint density at radius 3 is 2.42 bits per heavy atom. The second kappa shape index (κ2) is 7.06. The highest BCUT2D eigenvalue weighted by atomic mass is 32.2. The molecule has 2 rings (SSSR count). The third-order valence-corrected chi connectivity index (χ3v) is 4.90. The van der Waals surface area contributed by atoms with Crippen molar-refractivity contribution in [3.05, 3.63) is 64.7 Å². The van der Waals surface area contributed by atoms with Crippen molar-refractivity contribution in [3.8, 4) is 0 Å². The molecule has 0 unspecified atom stereocenters. The minimum Gasteiger partial charge on any atom is -0.293 e. The van der Waals surface area contributed by atoms with Crippen LogP contribution in [0.5, 0.6) is 0 Å². The molecule has 0 aliphatic heterocycles. The molecule has 1 amide bonds. The monoisotopic (exact) mass is 350 g/mol. The number of non-ortho nitro benzene ring substituents is 1. The van der Waals surface area contributed by atoms with E-state index in [1.54, 1.807) is 6.07 Å². The summed E-state index contributed by atoms with van der Waals surface area (Å²) in [6, 6.07) is 12.4. The molecule has 0 spiro atoms. The van der Waals surface area contributed by atoms with Gasteiger partial charge in [-0.15, -0.1) is 0 Å². The maximum absolute atomic E-state index is 12.8. The van der Waals surface area contributed by atoms with Gasteiger partial charge in [-0.25, -0.2) is 14.3 Å². The number of nitro groups is 1. The SMILES string of the molecule is NNC(=O)CN(c1cccc([N+](=O)[O-])c1)S(=O)(=O)c1ccccc1. The van der Waals surface area contributed by atoms with Gasteiger partial charge >= 0.3 is 0 Å². The minimum atomic E-state index is -4.11. The maximum Gasteiger partial charge on any atom is 0.271 e. The van der Waals surface area contributed by atoms with Crippen LogP contribution in [0.3, 0.4) is 0 Å². The quantitative estimate of drug-likeness (QED) is 0.342. The summed E-state index contributed by atoms with van der Waals surface area (Å²) in [5.74, 6) is 4.27. The van der Waals surface area contributed by atoms with Crippen LogP contribution in [0.1, 0.15) is 0 Å². The highest BCUT2D eigenvalue weighted by Gasteiger charge is 2.27. The summed E-state index contributed by atoms with van der Waals surface area (Å²) >= 11 is 0. The van der Waals surface area contributed by atoms with Crippen LogP contribution in [0.25, 0.3) is 0 Å². The van der Waals surface area contributed by atoms with E-state index in [-0.39, 0.29) is 16.3 Å². The number of nitro benzene ring substituents is 1. The number of sulfonamides is 1. The van der Waals surface area contributed by atoms with Gasteiger partial charge in [0.05, 0.1) is 15.5 Å². The third kappa shape index (κ3) is 3.67. The van der Waals surface area contributed by atoms with Crippen LogP contribution >= 0.6 is 0 Å². The number of hydrogen-bond donors (Lipinski definition) is 2. The fraction of sp³-hybridized carbons (Fsp3) is 0.0714. The Labute approximate surface area is 137 Å². The number of amides is 1. The van der Waals surface area contributed by atoms with Crippen LogP contribution < -0.4 is 15.6 Å². The molecule has 0 fully saturated rings. The van der Waals surface area contributed by atoms with Gasteiger partial charge in [-0.05, 0) is 18.2 Å². The number of carbonyl (C=O) groups is 1. The van der Waals surface area contributed by atoms with Crippen LogP contribution in [-0.4, -0.2) is 25.8 Å². The predicted molar refractivity (Wildman–Crippen MR) is 86.4 cm³/mol. The number of carbonyl (C=O) groups excluding carboxylic acids is 1. The summed E-state index contributed by atoms with van der Waals surface area (Å²) < 4.78 is 26.4. The van der Waals surface area contributed by atoms with Gasteiger partial charge in [-0.2, -0.15) is 0 Å². The zero-order valence-corrected chi connectivity index (χ0v) is 13.1. The van der Waals surface area contributed by atoms with Crippen LogP contribution in [0.2, 0.25) is 0 Å². The smallest absolute Gasteiger partial charge is 0.271 e. The van der Waals surface area contributed by atoms with Crippen LogP contribution in [-0.2, 0) is 14.8 Å². The predicted octanol–water partition coefficient (Wildman–Crippen LogP) is 0.780. The van der Waals surface area contributed by atoms with Gasteiger partial charge in [0, 0.05) is 12.1 Å². The molecule has 0 saturated heterocycles. The van der Waals surface area contributed by atoms with Crippen LogP contribution in [0.4, 0.5) is 11.4 Å². The topological polar surface area (TPSA) is 136 Å². The second-order valence-corrected chi connectivity index (χ2v) is 6.53. The number of hydrazine groups is 1. The van der Waals surface area contributed by atoms with E-state index in [0.717, 1.165) is 10.4 Å². The first-order chi connectivity index (χ1) is 11.4. The lowest BCUT2D eigenvalue weighted by Gasteiger charge is -2.23. The average Bonchev–Trinajstić information content (AvgIpc) is 2.60. The molecule has 0 atom stereocenters. The van der Waals surface area contributed by atoms with E-state index in [2.05, 4.69) is 0 Å². The molecular formula is C14H14N4O5S. The van der Waals surface area contributed by atoms with Crippen molar-refractivity contribution >= 4 is 27.3 Å². The van der Waals surface area contributed by atoms with Crippen molar-refractivity contribution in [2.75, 3.05) is 10.8 Å². The summed E-state index contributed by atoms with van der Waals surface area (Å²) in [7, 11) is -4.11. The summed E-state index contributed by atoms with van der Waals surface area (Å²) in [6.07, 6.45) is 0. The highest BCUT2D eigenvalue weighted by Crippen LogP contribution is 2.26. The first-order valence-corrected chi connectivity index (χ1v) is 8.12.